The summed E-state index contributed by atoms with van der Waals surface area (Å²) in [6, 6.07) is 0.254. The van der Waals surface area contributed by atoms with Gasteiger partial charge in [-0.2, -0.15) is 13.2 Å². The van der Waals surface area contributed by atoms with Gasteiger partial charge in [-0.15, -0.1) is 0 Å². The van der Waals surface area contributed by atoms with Crippen LogP contribution in [0.5, 0.6) is 0 Å². The summed E-state index contributed by atoms with van der Waals surface area (Å²) in [6.07, 6.45) is 1.79. The lowest BCUT2D eigenvalue weighted by Crippen LogP contribution is -2.49. The Kier molecular flexibility index (Phi) is 5.12. The quantitative estimate of drug-likeness (QED) is 0.825. The molecule has 0 bridgehead atoms. The Bertz CT molecular complexity index is 274. The van der Waals surface area contributed by atoms with E-state index in [1.165, 1.54) is 6.42 Å². The summed E-state index contributed by atoms with van der Waals surface area (Å²) in [5.41, 5.74) is 0. The molecule has 0 aromatic rings. The van der Waals surface area contributed by atoms with Crippen molar-refractivity contribution in [1.82, 2.24) is 10.6 Å². The van der Waals surface area contributed by atoms with Crippen LogP contribution < -0.4 is 10.6 Å². The minimum absolute atomic E-state index is 0.156. The van der Waals surface area contributed by atoms with Gasteiger partial charge in [0.1, 0.15) is 0 Å². The smallest absolute Gasteiger partial charge is 0.314 e. The minimum Gasteiger partial charge on any atom is -0.314 e. The Morgan fingerprint density at radius 1 is 1.16 bits per heavy atom. The van der Waals surface area contributed by atoms with Crippen LogP contribution in [0.1, 0.15) is 51.9 Å². The monoisotopic (exact) mass is 278 g/mol. The van der Waals surface area contributed by atoms with E-state index in [2.05, 4.69) is 10.6 Å². The second-order valence-electron chi connectivity index (χ2n) is 6.14. The van der Waals surface area contributed by atoms with Gasteiger partial charge in [0, 0.05) is 18.1 Å². The number of nitrogens with one attached hydrogen (secondary N) is 2. The fourth-order valence-electron chi connectivity index (χ4n) is 3.54. The van der Waals surface area contributed by atoms with Crippen molar-refractivity contribution < 1.29 is 13.2 Å². The van der Waals surface area contributed by atoms with E-state index in [9.17, 15) is 13.2 Å². The van der Waals surface area contributed by atoms with Gasteiger partial charge < -0.3 is 10.6 Å². The fourth-order valence-corrected chi connectivity index (χ4v) is 3.54. The lowest BCUT2D eigenvalue weighted by molar-refractivity contribution is -0.189. The molecule has 1 saturated carbocycles. The van der Waals surface area contributed by atoms with Crippen LogP contribution in [-0.4, -0.2) is 30.8 Å². The van der Waals surface area contributed by atoms with Gasteiger partial charge in [0.2, 0.25) is 0 Å². The Morgan fingerprint density at radius 2 is 1.89 bits per heavy atom. The number of alkyl halides is 3. The first-order chi connectivity index (χ1) is 8.97. The van der Waals surface area contributed by atoms with Gasteiger partial charge in [0.05, 0.1) is 5.92 Å². The maximum absolute atomic E-state index is 13.0. The third kappa shape index (κ3) is 4.35. The molecule has 1 heterocycles. The number of rotatable bonds is 4. The zero-order valence-electron chi connectivity index (χ0n) is 11.6. The maximum Gasteiger partial charge on any atom is 0.393 e. The van der Waals surface area contributed by atoms with Crippen LogP contribution in [0.2, 0.25) is 0 Å². The Hall–Kier alpha value is -0.290. The van der Waals surface area contributed by atoms with Crippen LogP contribution in [0.3, 0.4) is 0 Å². The van der Waals surface area contributed by atoms with E-state index in [1.807, 2.05) is 6.92 Å². The molecule has 0 radical (unpaired) electrons. The van der Waals surface area contributed by atoms with E-state index >= 15 is 0 Å². The van der Waals surface area contributed by atoms with Crippen molar-refractivity contribution in [2.24, 2.45) is 5.92 Å². The lowest BCUT2D eigenvalue weighted by Gasteiger charge is -2.36. The predicted octanol–water partition coefficient (Wildman–Crippen LogP) is 3.23. The van der Waals surface area contributed by atoms with Gasteiger partial charge in [-0.25, -0.2) is 0 Å². The molecule has 0 amide bonds. The number of halogens is 3. The largest absolute Gasteiger partial charge is 0.393 e. The summed E-state index contributed by atoms with van der Waals surface area (Å²) in [5.74, 6) is -1.15. The highest BCUT2D eigenvalue weighted by atomic mass is 19.4. The maximum atomic E-state index is 13.0. The SMILES string of the molecule is CC(CC1CCCN1)NC1CCCCC1C(F)(F)F. The average Bonchev–Trinajstić information content (AvgIpc) is 2.81. The van der Waals surface area contributed by atoms with Crippen molar-refractivity contribution >= 4 is 0 Å². The number of hydrogen-bond donors (Lipinski definition) is 2. The molecule has 0 spiro atoms. The highest BCUT2D eigenvalue weighted by Gasteiger charge is 2.45. The first-order valence-electron chi connectivity index (χ1n) is 7.53. The second kappa shape index (κ2) is 6.44. The highest BCUT2D eigenvalue weighted by Crippen LogP contribution is 2.38. The van der Waals surface area contributed by atoms with Gasteiger partial charge >= 0.3 is 6.18 Å². The molecule has 1 saturated heterocycles. The van der Waals surface area contributed by atoms with Crippen molar-refractivity contribution in [3.63, 3.8) is 0 Å². The highest BCUT2D eigenvalue weighted by molar-refractivity contribution is 4.88. The predicted molar refractivity (Wildman–Crippen MR) is 70.0 cm³/mol. The zero-order chi connectivity index (χ0) is 13.9. The summed E-state index contributed by atoms with van der Waals surface area (Å²) in [7, 11) is 0. The summed E-state index contributed by atoms with van der Waals surface area (Å²) in [5, 5.41) is 6.65. The van der Waals surface area contributed by atoms with Gasteiger partial charge in [-0.3, -0.25) is 0 Å². The van der Waals surface area contributed by atoms with E-state index in [1.54, 1.807) is 0 Å². The van der Waals surface area contributed by atoms with Crippen LogP contribution in [0, 0.1) is 5.92 Å². The molecule has 2 aliphatic rings. The van der Waals surface area contributed by atoms with Crippen LogP contribution in [0.15, 0.2) is 0 Å². The van der Waals surface area contributed by atoms with E-state index in [0.717, 1.165) is 25.8 Å². The van der Waals surface area contributed by atoms with Crippen molar-refractivity contribution in [2.45, 2.75) is 76.2 Å². The van der Waals surface area contributed by atoms with Crippen molar-refractivity contribution in [3.8, 4) is 0 Å². The molecule has 1 aliphatic carbocycles. The second-order valence-corrected chi connectivity index (χ2v) is 6.14. The molecule has 19 heavy (non-hydrogen) atoms. The molecule has 2 nitrogen and oxygen atoms in total. The first-order valence-corrected chi connectivity index (χ1v) is 7.53. The normalized spacial score (nSPS) is 34.4. The number of hydrogen-bond acceptors (Lipinski definition) is 2. The third-order valence-electron chi connectivity index (χ3n) is 4.49. The Labute approximate surface area is 113 Å². The molecule has 2 fully saturated rings. The summed E-state index contributed by atoms with van der Waals surface area (Å²) < 4.78 is 39.0. The molecule has 0 aromatic carbocycles. The zero-order valence-corrected chi connectivity index (χ0v) is 11.6. The molecule has 0 aromatic heterocycles. The summed E-state index contributed by atoms with van der Waals surface area (Å²) >= 11 is 0. The minimum atomic E-state index is -4.05. The van der Waals surface area contributed by atoms with Gasteiger partial charge in [-0.05, 0) is 45.6 Å². The van der Waals surface area contributed by atoms with Crippen LogP contribution >= 0.6 is 0 Å². The summed E-state index contributed by atoms with van der Waals surface area (Å²) in [4.78, 5) is 0. The third-order valence-corrected chi connectivity index (χ3v) is 4.49. The van der Waals surface area contributed by atoms with Crippen LogP contribution in [0.25, 0.3) is 0 Å². The van der Waals surface area contributed by atoms with Crippen LogP contribution in [-0.2, 0) is 0 Å². The van der Waals surface area contributed by atoms with E-state index < -0.39 is 12.1 Å². The van der Waals surface area contributed by atoms with Gasteiger partial charge in [0.15, 0.2) is 0 Å². The first kappa shape index (κ1) is 15.1. The lowest BCUT2D eigenvalue weighted by atomic mass is 9.83. The fraction of sp³-hybridized carbons (Fsp3) is 1.00. The van der Waals surface area contributed by atoms with Crippen molar-refractivity contribution in [2.75, 3.05) is 6.54 Å². The van der Waals surface area contributed by atoms with Gasteiger partial charge in [0.25, 0.3) is 0 Å². The van der Waals surface area contributed by atoms with E-state index in [0.29, 0.717) is 18.9 Å². The molecular formula is C14H25F3N2. The molecule has 4 atom stereocenters. The van der Waals surface area contributed by atoms with E-state index in [4.69, 9.17) is 0 Å². The standard InChI is InChI=1S/C14H25F3N2/c1-10(9-11-5-4-8-18-11)19-13-7-3-2-6-12(13)14(15,16)17/h10-13,18-19H,2-9H2,1H3. The molecule has 112 valence electrons. The van der Waals surface area contributed by atoms with Crippen molar-refractivity contribution in [3.05, 3.63) is 0 Å². The molecule has 4 unspecified atom stereocenters. The average molecular weight is 278 g/mol. The molecule has 5 heteroatoms. The van der Waals surface area contributed by atoms with Gasteiger partial charge in [-0.1, -0.05) is 12.8 Å². The molecule has 2 N–H and O–H groups in total. The molecule has 2 rings (SSSR count). The Balaban J connectivity index is 1.84. The Morgan fingerprint density at radius 3 is 2.53 bits per heavy atom. The summed E-state index contributed by atoms with van der Waals surface area (Å²) in [6.45, 7) is 3.06. The molecule has 1 aliphatic heterocycles. The van der Waals surface area contributed by atoms with E-state index in [-0.39, 0.29) is 18.5 Å². The van der Waals surface area contributed by atoms with Crippen LogP contribution in [0.4, 0.5) is 13.2 Å². The van der Waals surface area contributed by atoms with Crippen molar-refractivity contribution in [1.29, 1.82) is 0 Å². The molecular weight excluding hydrogens is 253 g/mol. The topological polar surface area (TPSA) is 24.1 Å².